The molecule has 4 atom stereocenters. The highest BCUT2D eigenvalue weighted by molar-refractivity contribution is 7.09. The Balaban J connectivity index is 1.37. The lowest BCUT2D eigenvalue weighted by molar-refractivity contribution is -0.145. The van der Waals surface area contributed by atoms with Crippen LogP contribution in [0.1, 0.15) is 21.6 Å². The van der Waals surface area contributed by atoms with E-state index in [0.717, 1.165) is 27.1 Å². The molecule has 4 aromatic carbocycles. The maximum Gasteiger partial charge on any atom is 0.326 e. The Morgan fingerprint density at radius 1 is 0.709 bits per heavy atom. The summed E-state index contributed by atoms with van der Waals surface area (Å²) in [6.45, 7) is -0.387. The molecule has 12 heteroatoms. The average Bonchev–Trinajstić information content (AvgIpc) is 3.72. The molecule has 0 fully saturated rings. The number of hydrogen-bond acceptors (Lipinski definition) is 7. The fourth-order valence-electron chi connectivity index (χ4n) is 6.46. The number of aliphatic carboxylic acids is 1. The summed E-state index contributed by atoms with van der Waals surface area (Å²) in [4.78, 5) is 70.8. The Bertz CT molecular complexity index is 2080. The molecule has 5 aromatic rings. The second-order valence-electron chi connectivity index (χ2n) is 13.4. The minimum Gasteiger partial charge on any atom is -0.484 e. The number of thiophene rings is 1. The minimum atomic E-state index is -1.31. The third kappa shape index (κ3) is 10.5. The Labute approximate surface area is 323 Å². The van der Waals surface area contributed by atoms with E-state index >= 15 is 0 Å². The Kier molecular flexibility index (Phi) is 12.7. The summed E-state index contributed by atoms with van der Waals surface area (Å²) in [6.07, 6.45) is 0.274. The summed E-state index contributed by atoms with van der Waals surface area (Å²) in [5.74, 6) is -3.25. The molecule has 7 rings (SSSR count). The van der Waals surface area contributed by atoms with E-state index < -0.39 is 53.8 Å². The molecule has 0 unspecified atom stereocenters. The van der Waals surface area contributed by atoms with Gasteiger partial charge in [0.25, 0.3) is 5.91 Å². The summed E-state index contributed by atoms with van der Waals surface area (Å²) >= 11 is 1.43. The van der Waals surface area contributed by atoms with Gasteiger partial charge in [-0.05, 0) is 51.4 Å². The second-order valence-corrected chi connectivity index (χ2v) is 14.5. The zero-order valence-electron chi connectivity index (χ0n) is 30.2. The zero-order valence-corrected chi connectivity index (χ0v) is 31.0. The lowest BCUT2D eigenvalue weighted by Crippen LogP contribution is -2.59. The lowest BCUT2D eigenvalue weighted by Gasteiger charge is -2.32. The van der Waals surface area contributed by atoms with Crippen molar-refractivity contribution in [2.75, 3.05) is 13.7 Å². The summed E-state index contributed by atoms with van der Waals surface area (Å²) in [6, 6.07) is 32.1. The van der Waals surface area contributed by atoms with Crippen molar-refractivity contribution in [3.8, 4) is 16.9 Å². The molecule has 2 aliphatic heterocycles. The summed E-state index contributed by atoms with van der Waals surface area (Å²) < 4.78 is 5.70. The van der Waals surface area contributed by atoms with Crippen molar-refractivity contribution in [3.05, 3.63) is 148 Å². The van der Waals surface area contributed by atoms with E-state index in [-0.39, 0.29) is 32.3 Å². The molecule has 4 N–H and O–H groups in total. The number of rotatable bonds is 8. The fraction of sp³-hybridized carbons (Fsp3) is 0.233. The van der Waals surface area contributed by atoms with Crippen molar-refractivity contribution < 1.29 is 33.8 Å². The van der Waals surface area contributed by atoms with Crippen LogP contribution in [-0.4, -0.2) is 77.4 Å². The third-order valence-corrected chi connectivity index (χ3v) is 10.4. The van der Waals surface area contributed by atoms with Gasteiger partial charge in [0.1, 0.15) is 29.9 Å². The molecule has 11 nitrogen and oxygen atoms in total. The van der Waals surface area contributed by atoms with Crippen molar-refractivity contribution in [2.45, 2.75) is 49.9 Å². The van der Waals surface area contributed by atoms with Gasteiger partial charge in [-0.3, -0.25) is 19.2 Å². The topological polar surface area (TPSA) is 154 Å². The van der Waals surface area contributed by atoms with Gasteiger partial charge in [0.15, 0.2) is 6.61 Å². The van der Waals surface area contributed by atoms with E-state index in [1.165, 1.54) is 23.3 Å². The summed E-state index contributed by atoms with van der Waals surface area (Å²) in [5, 5.41) is 20.4. The van der Waals surface area contributed by atoms with Crippen LogP contribution in [0.3, 0.4) is 0 Å². The third-order valence-electron chi connectivity index (χ3n) is 9.49. The SMILES string of the molecule is CN1C(=O)[C@@H](Cc2ccc(-c3ccccc3)cc2)NC(=O)[C@H](Cc2cccs2)NC(=O)COc2ccc(cc2)C[C@@H](C(=O)O)NC(=O)[C@@H]1Cc1ccccc1. The quantitative estimate of drug-likeness (QED) is 0.171. The first-order valence-corrected chi connectivity index (χ1v) is 18.8. The van der Waals surface area contributed by atoms with Crippen LogP contribution in [0.15, 0.2) is 127 Å². The van der Waals surface area contributed by atoms with E-state index in [1.54, 1.807) is 24.3 Å². The van der Waals surface area contributed by atoms with E-state index in [9.17, 15) is 29.1 Å². The number of nitrogens with one attached hydrogen (secondary N) is 3. The van der Waals surface area contributed by atoms with Gasteiger partial charge in [-0.15, -0.1) is 11.3 Å². The molecular weight excluding hydrogens is 717 g/mol. The largest absolute Gasteiger partial charge is 0.484 e. The monoisotopic (exact) mass is 758 g/mol. The normalized spacial score (nSPS) is 19.9. The average molecular weight is 759 g/mol. The highest BCUT2D eigenvalue weighted by Crippen LogP contribution is 2.21. The first-order chi connectivity index (χ1) is 26.6. The van der Waals surface area contributed by atoms with Crippen LogP contribution in [0.25, 0.3) is 11.1 Å². The van der Waals surface area contributed by atoms with Gasteiger partial charge < -0.3 is 30.7 Å². The van der Waals surface area contributed by atoms with Gasteiger partial charge in [0.05, 0.1) is 0 Å². The van der Waals surface area contributed by atoms with Crippen LogP contribution in [0.2, 0.25) is 0 Å². The van der Waals surface area contributed by atoms with Crippen LogP contribution >= 0.6 is 11.3 Å². The molecule has 2 bridgehead atoms. The molecule has 4 amide bonds. The van der Waals surface area contributed by atoms with Gasteiger partial charge in [-0.2, -0.15) is 0 Å². The second kappa shape index (κ2) is 18.2. The van der Waals surface area contributed by atoms with Crippen LogP contribution in [-0.2, 0) is 49.7 Å². The maximum absolute atomic E-state index is 14.7. The molecule has 3 heterocycles. The highest BCUT2D eigenvalue weighted by atomic mass is 32.1. The predicted octanol–water partition coefficient (Wildman–Crippen LogP) is 4.44. The van der Waals surface area contributed by atoms with Crippen LogP contribution in [0.4, 0.5) is 0 Å². The highest BCUT2D eigenvalue weighted by Gasteiger charge is 2.36. The molecular formula is C43H42N4O7S. The number of carboxylic acids is 1. The van der Waals surface area contributed by atoms with E-state index in [2.05, 4.69) is 16.0 Å². The van der Waals surface area contributed by atoms with Crippen molar-refractivity contribution in [2.24, 2.45) is 0 Å². The molecule has 0 radical (unpaired) electrons. The molecule has 2 aliphatic rings. The molecule has 0 aliphatic carbocycles. The van der Waals surface area contributed by atoms with E-state index in [0.29, 0.717) is 11.3 Å². The summed E-state index contributed by atoms with van der Waals surface area (Å²) in [5.41, 5.74) is 4.10. The molecule has 282 valence electrons. The first kappa shape index (κ1) is 38.5. The van der Waals surface area contributed by atoms with Crippen LogP contribution in [0, 0.1) is 0 Å². The molecule has 0 spiro atoms. The zero-order chi connectivity index (χ0) is 38.7. The lowest BCUT2D eigenvalue weighted by atomic mass is 9.98. The fourth-order valence-corrected chi connectivity index (χ4v) is 7.22. The van der Waals surface area contributed by atoms with Gasteiger partial charge in [0.2, 0.25) is 17.7 Å². The summed E-state index contributed by atoms with van der Waals surface area (Å²) in [7, 11) is 1.48. The number of fused-ring (bicyclic) bond motifs is 16. The number of hydrogen-bond donors (Lipinski definition) is 4. The van der Waals surface area contributed by atoms with Crippen molar-refractivity contribution in [1.29, 1.82) is 0 Å². The predicted molar refractivity (Wildman–Crippen MR) is 209 cm³/mol. The molecule has 1 aromatic heterocycles. The van der Waals surface area contributed by atoms with Gasteiger partial charge >= 0.3 is 5.97 Å². The van der Waals surface area contributed by atoms with Crippen molar-refractivity contribution >= 4 is 40.9 Å². The number of carbonyl (C=O) groups is 5. The number of carbonyl (C=O) groups excluding carboxylic acids is 4. The molecule has 0 saturated carbocycles. The van der Waals surface area contributed by atoms with Crippen molar-refractivity contribution in [1.82, 2.24) is 20.9 Å². The van der Waals surface area contributed by atoms with E-state index in [4.69, 9.17) is 4.74 Å². The standard InChI is InChI=1S/C43H42N4O7S/c1-47-38(25-28-9-4-2-5-10-28)41(50)46-37(43(52)53)24-30-16-20-33(21-17-30)54-27-39(48)44-35(26-34-13-8-22-55-34)40(49)45-36(42(47)51)23-29-14-18-32(19-15-29)31-11-6-3-7-12-31/h2-22,35-38H,23-27H2,1H3,(H,44,48)(H,45,49)(H,46,50)(H,52,53)/t35-,36+,37-,38-/m0/s1. The Hall–Kier alpha value is -6.27. The Morgan fingerprint density at radius 2 is 1.36 bits per heavy atom. The Morgan fingerprint density at radius 3 is 2.02 bits per heavy atom. The van der Waals surface area contributed by atoms with Crippen LogP contribution < -0.4 is 20.7 Å². The molecule has 55 heavy (non-hydrogen) atoms. The van der Waals surface area contributed by atoms with E-state index in [1.807, 2.05) is 102 Å². The number of carboxylic acid groups (broad SMARTS) is 1. The number of ether oxygens (including phenoxy) is 1. The first-order valence-electron chi connectivity index (χ1n) is 17.9. The van der Waals surface area contributed by atoms with Crippen LogP contribution in [0.5, 0.6) is 5.75 Å². The van der Waals surface area contributed by atoms with Gasteiger partial charge in [-0.1, -0.05) is 103 Å². The molecule has 0 saturated heterocycles. The maximum atomic E-state index is 14.7. The minimum absolute atomic E-state index is 0.0420. The number of nitrogens with zero attached hydrogens (tertiary/aromatic N) is 1. The number of benzene rings is 4. The van der Waals surface area contributed by atoms with Gasteiger partial charge in [-0.25, -0.2) is 4.79 Å². The number of likely N-dealkylation sites (N-methyl/N-ethyl adjacent to an activating group) is 1. The number of amides is 4. The van der Waals surface area contributed by atoms with Gasteiger partial charge in [0, 0.05) is 37.6 Å². The van der Waals surface area contributed by atoms with Crippen molar-refractivity contribution in [3.63, 3.8) is 0 Å². The smallest absolute Gasteiger partial charge is 0.326 e.